The second kappa shape index (κ2) is 31.0. The van der Waals surface area contributed by atoms with Crippen molar-refractivity contribution >= 4 is 11.9 Å². The Bertz CT molecular complexity index is 875. The number of unbranched alkanes of at least 4 members (excludes halogenated alkanes) is 2. The van der Waals surface area contributed by atoms with E-state index >= 15 is 0 Å². The molecule has 4 atom stereocenters. The molecule has 0 amide bonds. The van der Waals surface area contributed by atoms with Crippen molar-refractivity contribution in [1.29, 1.82) is 0 Å². The Balaban J connectivity index is 0.00000652. The average molecular weight is 751 g/mol. The lowest BCUT2D eigenvalue weighted by Gasteiger charge is -2.58. The number of carbonyl (C=O) groups excluding carboxylic acids is 2. The molecule has 0 heterocycles. The molecule has 2 fully saturated rings. The number of fused-ring (bicyclic) bond motifs is 2. The summed E-state index contributed by atoms with van der Waals surface area (Å²) in [5.74, 6) is 2.30. The molecule has 2 aliphatic carbocycles. The standard InChI is InChI=1S/C44H82O5.2C2H6/c1-7-18-37(19-8-2)22-11-13-24-40(46)48-30-16-27-43(6)33-39-32-42(5,26-15-29-45)35-44(34-39,36-43)28-17-31-49-41(47)25-14-12-23-38(20-9-3)21-10-4;2*1-2/h37-39,45H,7-36H2,1-6H3;2*1-2H3. The first-order chi connectivity index (χ1) is 25.5. The molecule has 0 aromatic carbocycles. The van der Waals surface area contributed by atoms with Gasteiger partial charge in [0, 0.05) is 19.4 Å². The molecular weight excluding hydrogens is 657 g/mol. The first kappa shape index (κ1) is 51.9. The maximum Gasteiger partial charge on any atom is 0.305 e. The highest BCUT2D eigenvalue weighted by atomic mass is 16.5. The van der Waals surface area contributed by atoms with Crippen molar-refractivity contribution in [2.45, 2.75) is 243 Å². The molecule has 5 nitrogen and oxygen atoms in total. The van der Waals surface area contributed by atoms with Crippen LogP contribution < -0.4 is 0 Å². The fourth-order valence-electron chi connectivity index (χ4n) is 10.9. The normalized spacial score (nSPS) is 23.5. The van der Waals surface area contributed by atoms with Crippen molar-refractivity contribution in [2.24, 2.45) is 34.0 Å². The molecule has 0 aliphatic heterocycles. The lowest BCUT2D eigenvalue weighted by atomic mass is 9.47. The number of ether oxygens (including phenoxy) is 2. The largest absolute Gasteiger partial charge is 0.466 e. The number of hydrogen-bond acceptors (Lipinski definition) is 5. The van der Waals surface area contributed by atoms with Crippen molar-refractivity contribution in [1.82, 2.24) is 0 Å². The van der Waals surface area contributed by atoms with Gasteiger partial charge >= 0.3 is 11.9 Å². The highest BCUT2D eigenvalue weighted by Crippen LogP contribution is 2.64. The van der Waals surface area contributed by atoms with Crippen LogP contribution >= 0.6 is 0 Å². The summed E-state index contributed by atoms with van der Waals surface area (Å²) in [6, 6.07) is 0. The number of carbonyl (C=O) groups is 2. The summed E-state index contributed by atoms with van der Waals surface area (Å²) in [5, 5.41) is 9.64. The lowest BCUT2D eigenvalue weighted by Crippen LogP contribution is -2.47. The second-order valence-corrected chi connectivity index (χ2v) is 17.8. The molecule has 0 saturated heterocycles. The van der Waals surface area contributed by atoms with E-state index < -0.39 is 0 Å². The zero-order chi connectivity index (χ0) is 40.0. The lowest BCUT2D eigenvalue weighted by molar-refractivity contribution is -0.144. The zero-order valence-electron chi connectivity index (χ0n) is 37.5. The van der Waals surface area contributed by atoms with Gasteiger partial charge in [-0.25, -0.2) is 0 Å². The summed E-state index contributed by atoms with van der Waals surface area (Å²) >= 11 is 0. The smallest absolute Gasteiger partial charge is 0.305 e. The molecular formula is C48H94O5. The molecule has 53 heavy (non-hydrogen) atoms. The summed E-state index contributed by atoms with van der Waals surface area (Å²) in [5.41, 5.74) is 0.801. The Labute approximate surface area is 331 Å². The minimum atomic E-state index is -0.0189. The van der Waals surface area contributed by atoms with Crippen LogP contribution in [0.15, 0.2) is 0 Å². The van der Waals surface area contributed by atoms with Crippen LogP contribution in [0.4, 0.5) is 0 Å². The number of aliphatic hydroxyl groups excluding tert-OH is 1. The van der Waals surface area contributed by atoms with Crippen LogP contribution in [0.25, 0.3) is 0 Å². The van der Waals surface area contributed by atoms with Gasteiger partial charge in [0.2, 0.25) is 0 Å². The van der Waals surface area contributed by atoms with Gasteiger partial charge in [0.1, 0.15) is 0 Å². The van der Waals surface area contributed by atoms with Crippen LogP contribution in [0.1, 0.15) is 243 Å². The molecule has 2 bridgehead atoms. The van der Waals surface area contributed by atoms with Crippen molar-refractivity contribution in [3.8, 4) is 0 Å². The molecule has 5 heteroatoms. The molecule has 316 valence electrons. The summed E-state index contributed by atoms with van der Waals surface area (Å²) in [6.45, 7) is 23.4. The number of esters is 2. The maximum absolute atomic E-state index is 12.6. The summed E-state index contributed by atoms with van der Waals surface area (Å²) in [7, 11) is 0. The summed E-state index contributed by atoms with van der Waals surface area (Å²) in [6.07, 6.45) is 30.3. The third kappa shape index (κ3) is 22.9. The van der Waals surface area contributed by atoms with Gasteiger partial charge in [-0.3, -0.25) is 9.59 Å². The molecule has 2 rings (SSSR count). The first-order valence-corrected chi connectivity index (χ1v) is 23.5. The zero-order valence-corrected chi connectivity index (χ0v) is 37.5. The average Bonchev–Trinajstić information content (AvgIpc) is 3.13. The van der Waals surface area contributed by atoms with Crippen molar-refractivity contribution in [3.63, 3.8) is 0 Å². The van der Waals surface area contributed by atoms with Crippen molar-refractivity contribution in [2.75, 3.05) is 19.8 Å². The van der Waals surface area contributed by atoms with Gasteiger partial charge in [-0.05, 0) is 117 Å². The van der Waals surface area contributed by atoms with E-state index in [1.54, 1.807) is 0 Å². The SMILES string of the molecule is CC.CC.CCCC(CCC)CCCCC(=O)OCCCC1(C)CC2CC(C)(CCCO)CC(CCCOC(=O)CCCCC(CCC)CCC)(C2)C1. The van der Waals surface area contributed by atoms with E-state index in [1.807, 2.05) is 27.7 Å². The molecule has 0 aromatic heterocycles. The quantitative estimate of drug-likeness (QED) is 0.0609. The van der Waals surface area contributed by atoms with E-state index in [0.29, 0.717) is 32.0 Å². The van der Waals surface area contributed by atoms with E-state index in [-0.39, 0.29) is 34.8 Å². The van der Waals surface area contributed by atoms with Gasteiger partial charge in [-0.1, -0.05) is 146 Å². The topological polar surface area (TPSA) is 72.8 Å². The molecule has 0 radical (unpaired) electrons. The maximum atomic E-state index is 12.6. The van der Waals surface area contributed by atoms with Crippen molar-refractivity contribution < 1.29 is 24.2 Å². The first-order valence-electron chi connectivity index (χ1n) is 23.5. The van der Waals surface area contributed by atoms with Gasteiger partial charge in [-0.2, -0.15) is 0 Å². The molecule has 4 unspecified atom stereocenters. The Morgan fingerprint density at radius 3 is 1.36 bits per heavy atom. The minimum Gasteiger partial charge on any atom is -0.466 e. The van der Waals surface area contributed by atoms with Crippen LogP contribution in [-0.4, -0.2) is 36.9 Å². The highest BCUT2D eigenvalue weighted by molar-refractivity contribution is 5.69. The number of hydrogen-bond donors (Lipinski definition) is 1. The van der Waals surface area contributed by atoms with Gasteiger partial charge in [0.25, 0.3) is 0 Å². The van der Waals surface area contributed by atoms with E-state index in [9.17, 15) is 14.7 Å². The van der Waals surface area contributed by atoms with Crippen LogP contribution in [0.5, 0.6) is 0 Å². The Kier molecular flexibility index (Phi) is 30.4. The summed E-state index contributed by atoms with van der Waals surface area (Å²) in [4.78, 5) is 25.1. The highest BCUT2D eigenvalue weighted by Gasteiger charge is 2.52. The monoisotopic (exact) mass is 751 g/mol. The van der Waals surface area contributed by atoms with E-state index in [2.05, 4.69) is 41.5 Å². The Hall–Kier alpha value is -1.10. The molecule has 2 saturated carbocycles. The molecule has 0 aromatic rings. The molecule has 1 N–H and O–H groups in total. The third-order valence-electron chi connectivity index (χ3n) is 12.4. The fraction of sp³-hybridized carbons (Fsp3) is 0.958. The number of rotatable bonds is 29. The predicted octanol–water partition coefficient (Wildman–Crippen LogP) is 14.6. The third-order valence-corrected chi connectivity index (χ3v) is 12.4. The van der Waals surface area contributed by atoms with E-state index in [4.69, 9.17) is 9.47 Å². The molecule has 2 aliphatic rings. The van der Waals surface area contributed by atoms with Crippen LogP contribution in [0, 0.1) is 34.0 Å². The Morgan fingerprint density at radius 2 is 0.962 bits per heavy atom. The predicted molar refractivity (Wildman–Crippen MR) is 228 cm³/mol. The van der Waals surface area contributed by atoms with Crippen LogP contribution in [0.2, 0.25) is 0 Å². The van der Waals surface area contributed by atoms with Crippen LogP contribution in [0.3, 0.4) is 0 Å². The van der Waals surface area contributed by atoms with Gasteiger partial charge in [0.15, 0.2) is 0 Å². The number of aliphatic hydroxyl groups is 1. The van der Waals surface area contributed by atoms with E-state index in [0.717, 1.165) is 76.0 Å². The fourth-order valence-corrected chi connectivity index (χ4v) is 10.9. The summed E-state index contributed by atoms with van der Waals surface area (Å²) < 4.78 is 11.5. The Morgan fingerprint density at radius 1 is 0.566 bits per heavy atom. The van der Waals surface area contributed by atoms with Crippen LogP contribution in [-0.2, 0) is 19.1 Å². The second-order valence-electron chi connectivity index (χ2n) is 17.8. The van der Waals surface area contributed by atoms with Crippen molar-refractivity contribution in [3.05, 3.63) is 0 Å². The van der Waals surface area contributed by atoms with Gasteiger partial charge < -0.3 is 14.6 Å². The van der Waals surface area contributed by atoms with E-state index in [1.165, 1.54) is 96.3 Å². The van der Waals surface area contributed by atoms with Gasteiger partial charge in [-0.15, -0.1) is 0 Å². The molecule has 0 spiro atoms. The minimum absolute atomic E-state index is 0.0175. The van der Waals surface area contributed by atoms with Gasteiger partial charge in [0.05, 0.1) is 13.2 Å².